The molecule has 0 spiro atoms. The number of aromatic amines is 1. The molecule has 0 saturated carbocycles. The average Bonchev–Trinajstić information content (AvgIpc) is 2.70. The number of ether oxygens (including phenoxy) is 1. The Morgan fingerprint density at radius 2 is 1.74 bits per heavy atom. The van der Waals surface area contributed by atoms with Gasteiger partial charge in [-0.2, -0.15) is 0 Å². The second-order valence-electron chi connectivity index (χ2n) is 7.30. The van der Waals surface area contributed by atoms with Crippen molar-refractivity contribution in [2.75, 3.05) is 19.6 Å². The van der Waals surface area contributed by atoms with Gasteiger partial charge < -0.3 is 14.6 Å². The van der Waals surface area contributed by atoms with Gasteiger partial charge in [0.1, 0.15) is 11.9 Å². The molecule has 3 aromatic rings. The van der Waals surface area contributed by atoms with Gasteiger partial charge in [-0.25, -0.2) is 0 Å². The van der Waals surface area contributed by atoms with Crippen molar-refractivity contribution < 1.29 is 4.74 Å². The fourth-order valence-corrected chi connectivity index (χ4v) is 3.93. The van der Waals surface area contributed by atoms with E-state index in [1.165, 1.54) is 0 Å². The van der Waals surface area contributed by atoms with Crippen LogP contribution >= 0.6 is 0 Å². The highest BCUT2D eigenvalue weighted by molar-refractivity contribution is 5.88. The highest BCUT2D eigenvalue weighted by Crippen LogP contribution is 2.30. The Morgan fingerprint density at radius 1 is 1.04 bits per heavy atom. The Hall–Kier alpha value is -2.59. The Kier molecular flexibility index (Phi) is 4.99. The average molecular weight is 362 g/mol. The van der Waals surface area contributed by atoms with E-state index in [0.717, 1.165) is 65.8 Å². The lowest BCUT2D eigenvalue weighted by Crippen LogP contribution is -2.37. The zero-order chi connectivity index (χ0) is 18.8. The number of likely N-dealkylation sites (tertiary alicyclic amines) is 1. The lowest BCUT2D eigenvalue weighted by molar-refractivity contribution is 0.104. The van der Waals surface area contributed by atoms with E-state index in [-0.39, 0.29) is 5.56 Å². The number of H-pyrrole nitrogens is 1. The van der Waals surface area contributed by atoms with Gasteiger partial charge in [-0.05, 0) is 66.6 Å². The van der Waals surface area contributed by atoms with Gasteiger partial charge in [-0.1, -0.05) is 31.2 Å². The fourth-order valence-electron chi connectivity index (χ4n) is 3.93. The van der Waals surface area contributed by atoms with Crippen molar-refractivity contribution in [1.82, 2.24) is 9.88 Å². The van der Waals surface area contributed by atoms with Gasteiger partial charge >= 0.3 is 0 Å². The topological polar surface area (TPSA) is 45.3 Å². The molecule has 0 atom stereocenters. The van der Waals surface area contributed by atoms with Crippen molar-refractivity contribution in [2.45, 2.75) is 32.8 Å². The number of aromatic nitrogens is 1. The third kappa shape index (κ3) is 3.76. The number of aryl methyl sites for hydroxylation is 1. The van der Waals surface area contributed by atoms with Crippen LogP contribution in [0.2, 0.25) is 0 Å². The van der Waals surface area contributed by atoms with E-state index < -0.39 is 0 Å². The summed E-state index contributed by atoms with van der Waals surface area (Å²) in [5.74, 6) is 0.931. The van der Waals surface area contributed by atoms with Crippen LogP contribution in [0.4, 0.5) is 0 Å². The van der Waals surface area contributed by atoms with Gasteiger partial charge in [-0.3, -0.25) is 4.79 Å². The first-order valence-electron chi connectivity index (χ1n) is 9.76. The maximum absolute atomic E-state index is 11.7. The van der Waals surface area contributed by atoms with E-state index >= 15 is 0 Å². The van der Waals surface area contributed by atoms with Gasteiger partial charge in [0.05, 0.1) is 5.52 Å². The molecule has 0 amide bonds. The highest BCUT2D eigenvalue weighted by atomic mass is 16.5. The van der Waals surface area contributed by atoms with Crippen LogP contribution in [-0.4, -0.2) is 35.6 Å². The van der Waals surface area contributed by atoms with Crippen LogP contribution in [0.15, 0.2) is 53.3 Å². The van der Waals surface area contributed by atoms with E-state index in [1.807, 2.05) is 6.07 Å². The molecule has 0 radical (unpaired) electrons. The largest absolute Gasteiger partial charge is 0.490 e. The molecule has 4 nitrogen and oxygen atoms in total. The first-order chi connectivity index (χ1) is 13.1. The molecule has 1 fully saturated rings. The molecule has 0 unspecified atom stereocenters. The lowest BCUT2D eigenvalue weighted by Gasteiger charge is -2.31. The van der Waals surface area contributed by atoms with Crippen LogP contribution in [0, 0.1) is 6.92 Å². The van der Waals surface area contributed by atoms with Crippen LogP contribution < -0.4 is 10.3 Å². The van der Waals surface area contributed by atoms with Gasteiger partial charge in [-0.15, -0.1) is 0 Å². The van der Waals surface area contributed by atoms with Crippen LogP contribution in [0.25, 0.3) is 22.0 Å². The molecule has 1 aromatic heterocycles. The second-order valence-corrected chi connectivity index (χ2v) is 7.30. The third-order valence-electron chi connectivity index (χ3n) is 5.61. The van der Waals surface area contributed by atoms with Crippen LogP contribution in [0.5, 0.6) is 5.75 Å². The Labute approximate surface area is 159 Å². The summed E-state index contributed by atoms with van der Waals surface area (Å²) in [6.07, 6.45) is 2.49. The molecule has 1 aliphatic heterocycles. The van der Waals surface area contributed by atoms with Gasteiger partial charge in [0.2, 0.25) is 5.56 Å². The van der Waals surface area contributed by atoms with Gasteiger partial charge in [0.15, 0.2) is 0 Å². The molecule has 140 valence electrons. The standard InChI is InChI=1S/C23H26N2O2/c1-3-25-14-12-20(13-15-25)27-19-8-4-17(5-9-19)21-10-6-18-7-11-22(26)24-23(18)16(21)2/h4-11,20H,3,12-15H2,1-2H3,(H,24,26). The van der Waals surface area contributed by atoms with Crippen molar-refractivity contribution in [3.63, 3.8) is 0 Å². The predicted octanol–water partition coefficient (Wildman–Crippen LogP) is 4.37. The quantitative estimate of drug-likeness (QED) is 0.750. The number of benzene rings is 2. The minimum absolute atomic E-state index is 0.0689. The monoisotopic (exact) mass is 362 g/mol. The Morgan fingerprint density at radius 3 is 2.44 bits per heavy atom. The predicted molar refractivity (Wildman–Crippen MR) is 111 cm³/mol. The zero-order valence-corrected chi connectivity index (χ0v) is 16.0. The summed E-state index contributed by atoms with van der Waals surface area (Å²) >= 11 is 0. The first kappa shape index (κ1) is 17.8. The molecule has 4 heteroatoms. The summed E-state index contributed by atoms with van der Waals surface area (Å²) in [6, 6.07) is 15.9. The maximum atomic E-state index is 11.7. The molecule has 4 rings (SSSR count). The van der Waals surface area contributed by atoms with Crippen molar-refractivity contribution in [3.05, 3.63) is 64.4 Å². The molecule has 0 bridgehead atoms. The third-order valence-corrected chi connectivity index (χ3v) is 5.61. The lowest BCUT2D eigenvalue weighted by atomic mass is 9.98. The smallest absolute Gasteiger partial charge is 0.248 e. The molecule has 1 N–H and O–H groups in total. The van der Waals surface area contributed by atoms with Crippen LogP contribution in [0.3, 0.4) is 0 Å². The van der Waals surface area contributed by atoms with E-state index in [2.05, 4.69) is 60.1 Å². The summed E-state index contributed by atoms with van der Waals surface area (Å²) in [7, 11) is 0. The maximum Gasteiger partial charge on any atom is 0.248 e. The van der Waals surface area contributed by atoms with Crippen molar-refractivity contribution in [2.24, 2.45) is 0 Å². The SMILES string of the molecule is CCN1CCC(Oc2ccc(-c3ccc4ccc(=O)[nH]c4c3C)cc2)CC1. The number of pyridine rings is 1. The minimum Gasteiger partial charge on any atom is -0.490 e. The Balaban J connectivity index is 1.53. The zero-order valence-electron chi connectivity index (χ0n) is 16.0. The van der Waals surface area contributed by atoms with Crippen molar-refractivity contribution in [1.29, 1.82) is 0 Å². The number of nitrogens with zero attached hydrogens (tertiary/aromatic N) is 1. The molecule has 2 aromatic carbocycles. The molecular weight excluding hydrogens is 336 g/mol. The number of fused-ring (bicyclic) bond motifs is 1. The van der Waals surface area contributed by atoms with Crippen molar-refractivity contribution >= 4 is 10.9 Å². The summed E-state index contributed by atoms with van der Waals surface area (Å²) in [5, 5.41) is 1.05. The highest BCUT2D eigenvalue weighted by Gasteiger charge is 2.19. The molecule has 0 aliphatic carbocycles. The van der Waals surface area contributed by atoms with Crippen molar-refractivity contribution in [3.8, 4) is 16.9 Å². The van der Waals surface area contributed by atoms with Gasteiger partial charge in [0.25, 0.3) is 0 Å². The number of rotatable bonds is 4. The molecular formula is C23H26N2O2. The van der Waals surface area contributed by atoms with E-state index in [9.17, 15) is 4.79 Å². The number of nitrogens with one attached hydrogen (secondary N) is 1. The summed E-state index contributed by atoms with van der Waals surface area (Å²) in [5.41, 5.74) is 4.19. The fraction of sp³-hybridized carbons (Fsp3) is 0.348. The summed E-state index contributed by atoms with van der Waals surface area (Å²) in [4.78, 5) is 17.1. The van der Waals surface area contributed by atoms with Gasteiger partial charge in [0, 0.05) is 19.2 Å². The van der Waals surface area contributed by atoms with E-state index in [4.69, 9.17) is 4.74 Å². The molecule has 1 aliphatic rings. The number of piperidine rings is 1. The number of hydrogen-bond donors (Lipinski definition) is 1. The second kappa shape index (κ2) is 7.57. The molecule has 2 heterocycles. The first-order valence-corrected chi connectivity index (χ1v) is 9.76. The summed E-state index contributed by atoms with van der Waals surface area (Å²) in [6.45, 7) is 7.63. The van der Waals surface area contributed by atoms with E-state index in [0.29, 0.717) is 6.10 Å². The minimum atomic E-state index is -0.0689. The number of hydrogen-bond acceptors (Lipinski definition) is 3. The van der Waals surface area contributed by atoms with E-state index in [1.54, 1.807) is 6.07 Å². The van der Waals surface area contributed by atoms with Crippen LogP contribution in [-0.2, 0) is 0 Å². The Bertz CT molecular complexity index is 983. The normalized spacial score (nSPS) is 15.9. The summed E-state index contributed by atoms with van der Waals surface area (Å²) < 4.78 is 6.18. The molecule has 1 saturated heterocycles. The molecule has 27 heavy (non-hydrogen) atoms. The van der Waals surface area contributed by atoms with Crippen LogP contribution in [0.1, 0.15) is 25.3 Å².